The van der Waals surface area contributed by atoms with Gasteiger partial charge in [0.05, 0.1) is 11.4 Å². The normalized spacial score (nSPS) is 10.5. The highest BCUT2D eigenvalue weighted by Gasteiger charge is 2.20. The summed E-state index contributed by atoms with van der Waals surface area (Å²) in [5.41, 5.74) is 10.9. The molecule has 23 heavy (non-hydrogen) atoms. The second kappa shape index (κ2) is 6.05. The minimum atomic E-state index is -0.335. The van der Waals surface area contributed by atoms with Gasteiger partial charge in [0.2, 0.25) is 0 Å². The number of amides is 1. The van der Waals surface area contributed by atoms with Crippen molar-refractivity contribution >= 4 is 34.6 Å². The molecule has 0 fully saturated rings. The van der Waals surface area contributed by atoms with E-state index in [-0.39, 0.29) is 11.0 Å². The molecule has 1 aromatic carbocycles. The van der Waals surface area contributed by atoms with E-state index in [9.17, 15) is 4.79 Å². The third-order valence-corrected chi connectivity index (χ3v) is 3.55. The number of benzene rings is 1. The number of imidazole rings is 1. The molecular formula is C16H15N5OS. The molecule has 0 aliphatic carbocycles. The van der Waals surface area contributed by atoms with Gasteiger partial charge in [0.25, 0.3) is 5.91 Å². The third kappa shape index (κ3) is 2.86. The molecule has 0 saturated heterocycles. The quantitative estimate of drug-likeness (QED) is 0.557. The first-order chi connectivity index (χ1) is 11.1. The highest BCUT2D eigenvalue weighted by atomic mass is 32.1. The predicted octanol–water partition coefficient (Wildman–Crippen LogP) is 2.04. The van der Waals surface area contributed by atoms with E-state index in [1.807, 2.05) is 36.4 Å². The number of aryl methyl sites for hydroxylation is 1. The van der Waals surface area contributed by atoms with Crippen molar-refractivity contribution in [2.75, 3.05) is 5.01 Å². The second-order valence-corrected chi connectivity index (χ2v) is 5.34. The number of pyridine rings is 1. The second-order valence-electron chi connectivity index (χ2n) is 4.92. The minimum absolute atomic E-state index is 0.0519. The fourth-order valence-electron chi connectivity index (χ4n) is 2.37. The molecular weight excluding hydrogens is 310 g/mol. The number of para-hydroxylation sites is 1. The van der Waals surface area contributed by atoms with Gasteiger partial charge in [0.15, 0.2) is 5.11 Å². The molecule has 0 aliphatic heterocycles. The molecule has 1 amide bonds. The monoisotopic (exact) mass is 325 g/mol. The summed E-state index contributed by atoms with van der Waals surface area (Å²) < 4.78 is 1.73. The van der Waals surface area contributed by atoms with Crippen LogP contribution in [0.4, 0.5) is 5.69 Å². The Morgan fingerprint density at radius 3 is 2.61 bits per heavy atom. The topological polar surface area (TPSA) is 75.7 Å². The molecule has 0 atom stereocenters. The Hall–Kier alpha value is -2.93. The smallest absolute Gasteiger partial charge is 0.289 e. The van der Waals surface area contributed by atoms with Crippen LogP contribution in [0.2, 0.25) is 0 Å². The van der Waals surface area contributed by atoms with Crippen LogP contribution in [0, 0.1) is 6.92 Å². The Kier molecular flexibility index (Phi) is 3.94. The molecule has 3 N–H and O–H groups in total. The van der Waals surface area contributed by atoms with Gasteiger partial charge < -0.3 is 5.73 Å². The van der Waals surface area contributed by atoms with Crippen LogP contribution in [0.5, 0.6) is 0 Å². The summed E-state index contributed by atoms with van der Waals surface area (Å²) in [6.45, 7) is 1.79. The first-order valence-electron chi connectivity index (χ1n) is 6.97. The Labute approximate surface area is 138 Å². The van der Waals surface area contributed by atoms with E-state index < -0.39 is 0 Å². The number of carbonyl (C=O) groups is 1. The van der Waals surface area contributed by atoms with Crippen molar-refractivity contribution in [1.29, 1.82) is 0 Å². The van der Waals surface area contributed by atoms with Crippen LogP contribution < -0.4 is 16.2 Å². The van der Waals surface area contributed by atoms with Gasteiger partial charge in [-0.1, -0.05) is 24.3 Å². The number of nitrogens with one attached hydrogen (secondary N) is 1. The van der Waals surface area contributed by atoms with Crippen molar-refractivity contribution in [3.63, 3.8) is 0 Å². The number of hydrogen-bond acceptors (Lipinski definition) is 3. The van der Waals surface area contributed by atoms with E-state index in [2.05, 4.69) is 10.4 Å². The van der Waals surface area contributed by atoms with E-state index in [1.54, 1.807) is 29.7 Å². The summed E-state index contributed by atoms with van der Waals surface area (Å²) in [6, 6.07) is 14.7. The number of hydrazine groups is 1. The number of thiocarbonyl (C=S) groups is 1. The molecule has 7 heteroatoms. The van der Waals surface area contributed by atoms with Crippen molar-refractivity contribution in [2.45, 2.75) is 6.92 Å². The highest BCUT2D eigenvalue weighted by Crippen LogP contribution is 2.14. The summed E-state index contributed by atoms with van der Waals surface area (Å²) in [7, 11) is 0. The fraction of sp³-hybridized carbons (Fsp3) is 0.0625. The predicted molar refractivity (Wildman–Crippen MR) is 93.1 cm³/mol. The Bertz CT molecular complexity index is 875. The maximum atomic E-state index is 12.7. The lowest BCUT2D eigenvalue weighted by Crippen LogP contribution is -2.49. The third-order valence-electron chi connectivity index (χ3n) is 3.37. The Morgan fingerprint density at radius 1 is 1.22 bits per heavy atom. The summed E-state index contributed by atoms with van der Waals surface area (Å²) in [6.07, 6.45) is 1.79. The SMILES string of the molecule is Cc1nc2ccccn2c1C(=O)NN(C(N)=S)c1ccccc1. The van der Waals surface area contributed by atoms with Gasteiger partial charge in [0.1, 0.15) is 11.3 Å². The summed E-state index contributed by atoms with van der Waals surface area (Å²) in [5.74, 6) is -0.335. The average Bonchev–Trinajstić information content (AvgIpc) is 2.88. The van der Waals surface area contributed by atoms with Gasteiger partial charge >= 0.3 is 0 Å². The standard InChI is InChI=1S/C16H15N5OS/c1-11-14(20-10-6-5-9-13(20)18-11)15(22)19-21(16(17)23)12-7-3-2-4-8-12/h2-10H,1H3,(H2,17,23)(H,19,22). The summed E-state index contributed by atoms with van der Waals surface area (Å²) >= 11 is 5.04. The molecule has 0 spiro atoms. The van der Waals surface area contributed by atoms with Crippen LogP contribution in [-0.4, -0.2) is 20.4 Å². The highest BCUT2D eigenvalue weighted by molar-refractivity contribution is 7.80. The number of hydrogen-bond donors (Lipinski definition) is 2. The van der Waals surface area contributed by atoms with Crippen LogP contribution in [0.1, 0.15) is 16.2 Å². The van der Waals surface area contributed by atoms with Crippen LogP contribution in [-0.2, 0) is 0 Å². The largest absolute Gasteiger partial charge is 0.374 e. The number of nitrogens with zero attached hydrogens (tertiary/aromatic N) is 3. The first kappa shape index (κ1) is 15.0. The summed E-state index contributed by atoms with van der Waals surface area (Å²) in [4.78, 5) is 17.1. The lowest BCUT2D eigenvalue weighted by atomic mass is 10.3. The molecule has 0 bridgehead atoms. The average molecular weight is 325 g/mol. The number of nitrogens with two attached hydrogens (primary N) is 1. The van der Waals surface area contributed by atoms with E-state index >= 15 is 0 Å². The van der Waals surface area contributed by atoms with Gasteiger partial charge in [-0.25, -0.2) is 9.99 Å². The van der Waals surface area contributed by atoms with Crippen molar-refractivity contribution in [3.8, 4) is 0 Å². The van der Waals surface area contributed by atoms with Crippen molar-refractivity contribution in [2.24, 2.45) is 5.73 Å². The van der Waals surface area contributed by atoms with Crippen molar-refractivity contribution in [3.05, 3.63) is 66.1 Å². The molecule has 0 radical (unpaired) electrons. The van der Waals surface area contributed by atoms with Gasteiger partial charge in [-0.15, -0.1) is 0 Å². The van der Waals surface area contributed by atoms with E-state index in [0.29, 0.717) is 22.7 Å². The van der Waals surface area contributed by atoms with Crippen molar-refractivity contribution in [1.82, 2.24) is 14.8 Å². The van der Waals surface area contributed by atoms with Crippen LogP contribution in [0.15, 0.2) is 54.7 Å². The zero-order valence-electron chi connectivity index (χ0n) is 12.4. The zero-order valence-corrected chi connectivity index (χ0v) is 13.2. The summed E-state index contributed by atoms with van der Waals surface area (Å²) in [5, 5.41) is 1.43. The molecule has 3 rings (SSSR count). The fourth-order valence-corrected chi connectivity index (χ4v) is 2.52. The molecule has 116 valence electrons. The molecule has 0 aliphatic rings. The lowest BCUT2D eigenvalue weighted by Gasteiger charge is -2.23. The Morgan fingerprint density at radius 2 is 1.91 bits per heavy atom. The molecule has 0 saturated carbocycles. The zero-order chi connectivity index (χ0) is 16.4. The number of carbonyl (C=O) groups excluding carboxylic acids is 1. The van der Waals surface area contributed by atoms with E-state index in [0.717, 1.165) is 0 Å². The molecule has 0 unspecified atom stereocenters. The molecule has 2 heterocycles. The molecule has 6 nitrogen and oxygen atoms in total. The maximum Gasteiger partial charge on any atom is 0.289 e. The van der Waals surface area contributed by atoms with E-state index in [4.69, 9.17) is 18.0 Å². The maximum absolute atomic E-state index is 12.7. The van der Waals surface area contributed by atoms with Crippen LogP contribution >= 0.6 is 12.2 Å². The first-order valence-corrected chi connectivity index (χ1v) is 7.38. The molecule has 2 aromatic heterocycles. The van der Waals surface area contributed by atoms with Gasteiger partial charge in [-0.2, -0.15) is 0 Å². The van der Waals surface area contributed by atoms with Crippen molar-refractivity contribution < 1.29 is 4.79 Å². The number of anilines is 1. The Balaban J connectivity index is 1.96. The number of rotatable bonds is 2. The molecule has 3 aromatic rings. The van der Waals surface area contributed by atoms with Crippen LogP contribution in [0.25, 0.3) is 5.65 Å². The van der Waals surface area contributed by atoms with Gasteiger partial charge in [0, 0.05) is 6.20 Å². The number of aromatic nitrogens is 2. The van der Waals surface area contributed by atoms with E-state index in [1.165, 1.54) is 5.01 Å². The van der Waals surface area contributed by atoms with Gasteiger partial charge in [-0.05, 0) is 43.4 Å². The minimum Gasteiger partial charge on any atom is -0.374 e. The number of fused-ring (bicyclic) bond motifs is 1. The van der Waals surface area contributed by atoms with Crippen LogP contribution in [0.3, 0.4) is 0 Å². The lowest BCUT2D eigenvalue weighted by molar-refractivity contribution is 0.0948. The van der Waals surface area contributed by atoms with Gasteiger partial charge in [-0.3, -0.25) is 14.6 Å².